The van der Waals surface area contributed by atoms with Gasteiger partial charge in [-0.25, -0.2) is 0 Å². The maximum absolute atomic E-state index is 10.9. The van der Waals surface area contributed by atoms with E-state index in [9.17, 15) is 14.9 Å². The van der Waals surface area contributed by atoms with E-state index in [0.717, 1.165) is 5.56 Å². The Morgan fingerprint density at radius 2 is 2.05 bits per heavy atom. The van der Waals surface area contributed by atoms with E-state index in [1.165, 1.54) is 24.8 Å². The zero-order valence-electron chi connectivity index (χ0n) is 11.1. The summed E-state index contributed by atoms with van der Waals surface area (Å²) in [5.41, 5.74) is 2.33. The zero-order valence-corrected chi connectivity index (χ0v) is 12.0. The minimum atomic E-state index is -0.397. The lowest BCUT2D eigenvalue weighted by Gasteiger charge is -2.01. The van der Waals surface area contributed by atoms with Crippen LogP contribution in [0.15, 0.2) is 12.1 Å². The highest BCUT2D eigenvalue weighted by Gasteiger charge is 2.12. The van der Waals surface area contributed by atoms with E-state index in [1.807, 2.05) is 6.92 Å². The van der Waals surface area contributed by atoms with Crippen LogP contribution in [0.5, 0.6) is 0 Å². The molecule has 0 fully saturated rings. The molecule has 0 amide bonds. The van der Waals surface area contributed by atoms with Crippen LogP contribution in [0.1, 0.15) is 30.0 Å². The van der Waals surface area contributed by atoms with Gasteiger partial charge in [0, 0.05) is 36.3 Å². The summed E-state index contributed by atoms with van der Waals surface area (Å²) in [4.78, 5) is 21.2. The van der Waals surface area contributed by atoms with Crippen molar-refractivity contribution >= 4 is 22.6 Å². The van der Waals surface area contributed by atoms with E-state index in [-0.39, 0.29) is 10.8 Å². The fourth-order valence-corrected chi connectivity index (χ4v) is 2.07. The van der Waals surface area contributed by atoms with Crippen LogP contribution in [0.25, 0.3) is 0 Å². The molecular formula is C14H15NO3S. The standard InChI is InChI=1S/C14H15NO3S/c1-10-8-11(2)14(15(17)18)9-13(10)6-4-5-7-19-12(3)16/h8-9H,5,7H2,1-3H3. The monoisotopic (exact) mass is 277 g/mol. The first-order valence-electron chi connectivity index (χ1n) is 5.79. The first-order valence-corrected chi connectivity index (χ1v) is 6.78. The van der Waals surface area contributed by atoms with Crippen molar-refractivity contribution in [2.75, 3.05) is 5.75 Å². The Hall–Kier alpha value is -1.80. The molecule has 0 saturated carbocycles. The predicted octanol–water partition coefficient (Wildman–Crippen LogP) is 3.23. The summed E-state index contributed by atoms with van der Waals surface area (Å²) in [7, 11) is 0. The molecule has 0 aliphatic carbocycles. The second kappa shape index (κ2) is 6.95. The zero-order chi connectivity index (χ0) is 14.4. The Kier molecular flexibility index (Phi) is 5.58. The third kappa shape index (κ3) is 4.76. The summed E-state index contributed by atoms with van der Waals surface area (Å²) in [5, 5.41) is 10.9. The van der Waals surface area contributed by atoms with Crippen molar-refractivity contribution in [1.82, 2.24) is 0 Å². The maximum atomic E-state index is 10.9. The van der Waals surface area contributed by atoms with Gasteiger partial charge in [0.15, 0.2) is 5.12 Å². The Morgan fingerprint density at radius 3 is 2.63 bits per heavy atom. The number of thioether (sulfide) groups is 1. The predicted molar refractivity (Wildman–Crippen MR) is 77.2 cm³/mol. The smallest absolute Gasteiger partial charge is 0.273 e. The van der Waals surface area contributed by atoms with E-state index < -0.39 is 4.92 Å². The number of nitro groups is 1. The number of carbonyl (C=O) groups is 1. The lowest BCUT2D eigenvalue weighted by molar-refractivity contribution is -0.385. The van der Waals surface area contributed by atoms with Gasteiger partial charge in [-0.05, 0) is 25.5 Å². The van der Waals surface area contributed by atoms with Gasteiger partial charge >= 0.3 is 0 Å². The Labute approximate surface area is 116 Å². The summed E-state index contributed by atoms with van der Waals surface area (Å²) in [6.07, 6.45) is 0.589. The number of nitrogens with zero attached hydrogens (tertiary/aromatic N) is 1. The Morgan fingerprint density at radius 1 is 1.37 bits per heavy atom. The van der Waals surface area contributed by atoms with E-state index in [2.05, 4.69) is 11.8 Å². The molecule has 0 unspecified atom stereocenters. The van der Waals surface area contributed by atoms with Gasteiger partial charge in [0.25, 0.3) is 5.69 Å². The van der Waals surface area contributed by atoms with Crippen molar-refractivity contribution in [3.63, 3.8) is 0 Å². The number of aryl methyl sites for hydroxylation is 2. The van der Waals surface area contributed by atoms with Crippen molar-refractivity contribution in [2.45, 2.75) is 27.2 Å². The summed E-state index contributed by atoms with van der Waals surface area (Å²) in [6.45, 7) is 5.11. The Bertz CT molecular complexity index is 570. The van der Waals surface area contributed by atoms with Crippen LogP contribution < -0.4 is 0 Å². The molecule has 100 valence electrons. The van der Waals surface area contributed by atoms with Gasteiger partial charge in [-0.15, -0.1) is 0 Å². The number of hydrogen-bond donors (Lipinski definition) is 0. The molecule has 1 rings (SSSR count). The van der Waals surface area contributed by atoms with Crippen molar-refractivity contribution in [3.8, 4) is 11.8 Å². The molecule has 1 aromatic rings. The molecule has 0 heterocycles. The van der Waals surface area contributed by atoms with Gasteiger partial charge in [0.1, 0.15) is 0 Å². The highest BCUT2D eigenvalue weighted by Crippen LogP contribution is 2.22. The quantitative estimate of drug-likeness (QED) is 0.368. The molecule has 1 aromatic carbocycles. The van der Waals surface area contributed by atoms with Crippen molar-refractivity contribution < 1.29 is 9.72 Å². The first-order chi connectivity index (χ1) is 8.91. The molecule has 4 nitrogen and oxygen atoms in total. The molecule has 0 N–H and O–H groups in total. The lowest BCUT2D eigenvalue weighted by Crippen LogP contribution is -1.94. The molecule has 19 heavy (non-hydrogen) atoms. The van der Waals surface area contributed by atoms with Crippen LogP contribution in [-0.2, 0) is 4.79 Å². The third-order valence-electron chi connectivity index (χ3n) is 2.50. The molecule has 5 heteroatoms. The minimum absolute atomic E-state index is 0.0731. The number of nitro benzene ring substituents is 1. The van der Waals surface area contributed by atoms with E-state index in [4.69, 9.17) is 0 Å². The van der Waals surface area contributed by atoms with E-state index in [1.54, 1.807) is 13.0 Å². The molecule has 0 radical (unpaired) electrons. The van der Waals surface area contributed by atoms with Crippen LogP contribution in [-0.4, -0.2) is 15.8 Å². The van der Waals surface area contributed by atoms with Crippen molar-refractivity contribution in [2.24, 2.45) is 0 Å². The molecule has 0 aliphatic heterocycles. The fourth-order valence-electron chi connectivity index (χ4n) is 1.58. The fraction of sp³-hybridized carbons (Fsp3) is 0.357. The number of benzene rings is 1. The van der Waals surface area contributed by atoms with Crippen molar-refractivity contribution in [1.29, 1.82) is 0 Å². The second-order valence-electron chi connectivity index (χ2n) is 4.10. The molecule has 0 bridgehead atoms. The van der Waals surface area contributed by atoms with Gasteiger partial charge in [-0.1, -0.05) is 23.6 Å². The SMILES string of the molecule is CC(=O)SCCC#Cc1cc([N+](=O)[O-])c(C)cc1C. The average Bonchev–Trinajstić information content (AvgIpc) is 2.30. The lowest BCUT2D eigenvalue weighted by atomic mass is 10.0. The van der Waals surface area contributed by atoms with Crippen LogP contribution in [0.2, 0.25) is 0 Å². The number of rotatable bonds is 3. The van der Waals surface area contributed by atoms with Gasteiger partial charge in [-0.3, -0.25) is 14.9 Å². The maximum Gasteiger partial charge on any atom is 0.273 e. The molecule has 0 aliphatic rings. The molecule has 0 saturated heterocycles. The van der Waals surface area contributed by atoms with Crippen LogP contribution >= 0.6 is 11.8 Å². The minimum Gasteiger partial charge on any atom is -0.288 e. The summed E-state index contributed by atoms with van der Waals surface area (Å²) in [5.74, 6) is 6.52. The summed E-state index contributed by atoms with van der Waals surface area (Å²) in [6, 6.07) is 3.28. The normalized spacial score (nSPS) is 9.63. The Balaban J connectivity index is 2.84. The van der Waals surface area contributed by atoms with Crippen LogP contribution in [0.3, 0.4) is 0 Å². The van der Waals surface area contributed by atoms with E-state index in [0.29, 0.717) is 23.3 Å². The first kappa shape index (κ1) is 15.3. The van der Waals surface area contributed by atoms with Crippen LogP contribution in [0.4, 0.5) is 5.69 Å². The van der Waals surface area contributed by atoms with E-state index >= 15 is 0 Å². The van der Waals surface area contributed by atoms with Gasteiger partial charge < -0.3 is 0 Å². The average molecular weight is 277 g/mol. The highest BCUT2D eigenvalue weighted by atomic mass is 32.2. The molecule has 0 spiro atoms. The number of carbonyl (C=O) groups excluding carboxylic acids is 1. The molecule has 0 atom stereocenters. The summed E-state index contributed by atoms with van der Waals surface area (Å²) >= 11 is 1.23. The molecule has 0 aromatic heterocycles. The number of hydrogen-bond acceptors (Lipinski definition) is 4. The second-order valence-corrected chi connectivity index (χ2v) is 5.37. The van der Waals surface area contributed by atoms with Gasteiger partial charge in [0.2, 0.25) is 0 Å². The summed E-state index contributed by atoms with van der Waals surface area (Å²) < 4.78 is 0. The van der Waals surface area contributed by atoms with Gasteiger partial charge in [-0.2, -0.15) is 0 Å². The van der Waals surface area contributed by atoms with Crippen molar-refractivity contribution in [3.05, 3.63) is 38.9 Å². The molecular weight excluding hydrogens is 262 g/mol. The topological polar surface area (TPSA) is 60.2 Å². The van der Waals surface area contributed by atoms with Gasteiger partial charge in [0.05, 0.1) is 4.92 Å². The largest absolute Gasteiger partial charge is 0.288 e. The van der Waals surface area contributed by atoms with Crippen LogP contribution in [0, 0.1) is 35.8 Å². The highest BCUT2D eigenvalue weighted by molar-refractivity contribution is 8.13. The third-order valence-corrected chi connectivity index (χ3v) is 3.31.